The van der Waals surface area contributed by atoms with Gasteiger partial charge in [-0.15, -0.1) is 15.3 Å². The number of halogens is 2. The van der Waals surface area contributed by atoms with Gasteiger partial charge in [-0.25, -0.2) is 0 Å². The molecule has 0 aliphatic heterocycles. The molecule has 4 rings (SSSR count). The fourth-order valence-corrected chi connectivity index (χ4v) is 3.65. The Balaban J connectivity index is 1.46. The third kappa shape index (κ3) is 5.01. The lowest BCUT2D eigenvalue weighted by molar-refractivity contribution is 0.0946. The summed E-state index contributed by atoms with van der Waals surface area (Å²) in [6.45, 7) is 0.474. The van der Waals surface area contributed by atoms with Crippen LogP contribution in [0.4, 0.5) is 0 Å². The highest BCUT2D eigenvalue weighted by molar-refractivity contribution is 9.10. The van der Waals surface area contributed by atoms with E-state index >= 15 is 0 Å². The number of amides is 1. The summed E-state index contributed by atoms with van der Waals surface area (Å²) in [5.41, 5.74) is 1.63. The lowest BCUT2D eigenvalue weighted by Crippen LogP contribution is -2.28. The maximum absolute atomic E-state index is 12.3. The summed E-state index contributed by atoms with van der Waals surface area (Å²) >= 11 is 9.43. The lowest BCUT2D eigenvalue weighted by atomic mass is 10.2. The molecule has 2 aromatic heterocycles. The summed E-state index contributed by atoms with van der Waals surface area (Å²) in [6.07, 6.45) is 0. The van der Waals surface area contributed by atoms with E-state index in [0.29, 0.717) is 45.0 Å². The molecule has 1 N–H and O–H groups in total. The molecule has 2 aromatic carbocycles. The molecule has 170 valence electrons. The van der Waals surface area contributed by atoms with Crippen molar-refractivity contribution in [2.24, 2.45) is 0 Å². The molecule has 4 aromatic rings. The van der Waals surface area contributed by atoms with Crippen LogP contribution in [0, 0.1) is 0 Å². The third-order valence-electron chi connectivity index (χ3n) is 4.70. The van der Waals surface area contributed by atoms with Gasteiger partial charge < -0.3 is 19.5 Å². The monoisotopic (exact) mass is 531 g/mol. The van der Waals surface area contributed by atoms with Crippen LogP contribution >= 0.6 is 27.5 Å². The van der Waals surface area contributed by atoms with Crippen molar-refractivity contribution in [2.75, 3.05) is 27.4 Å². The molecule has 1 amide bonds. The van der Waals surface area contributed by atoms with Crippen LogP contribution in [-0.4, -0.2) is 53.1 Å². The van der Waals surface area contributed by atoms with E-state index in [9.17, 15) is 4.79 Å². The van der Waals surface area contributed by atoms with Crippen LogP contribution in [0.1, 0.15) is 10.4 Å². The number of fused-ring (bicyclic) bond motifs is 1. The molecule has 0 unspecified atom stereocenters. The minimum absolute atomic E-state index is 0.208. The number of hydrogen-bond acceptors (Lipinski definition) is 7. The molecule has 33 heavy (non-hydrogen) atoms. The van der Waals surface area contributed by atoms with Crippen molar-refractivity contribution < 1.29 is 19.0 Å². The number of nitrogens with zero attached hydrogens (tertiary/aromatic N) is 4. The number of ether oxygens (including phenoxy) is 3. The van der Waals surface area contributed by atoms with E-state index in [1.54, 1.807) is 61.2 Å². The first-order chi connectivity index (χ1) is 16.0. The van der Waals surface area contributed by atoms with E-state index in [1.807, 2.05) is 6.07 Å². The van der Waals surface area contributed by atoms with Crippen molar-refractivity contribution in [3.05, 3.63) is 63.6 Å². The number of rotatable bonds is 8. The molecule has 0 atom stereocenters. The highest BCUT2D eigenvalue weighted by atomic mass is 79.9. The Hall–Kier alpha value is -3.37. The van der Waals surface area contributed by atoms with Gasteiger partial charge in [-0.3, -0.25) is 4.79 Å². The minimum Gasteiger partial charge on any atom is -0.497 e. The maximum Gasteiger partial charge on any atom is 0.252 e. The predicted octanol–water partition coefficient (Wildman–Crippen LogP) is 4.03. The van der Waals surface area contributed by atoms with E-state index in [1.165, 1.54) is 0 Å². The van der Waals surface area contributed by atoms with Gasteiger partial charge in [0.2, 0.25) is 5.88 Å². The molecular formula is C22H19BrClN5O4. The molecule has 0 aliphatic rings. The molecule has 0 bridgehead atoms. The first kappa shape index (κ1) is 22.8. The summed E-state index contributed by atoms with van der Waals surface area (Å²) in [5, 5.41) is 16.0. The number of carbonyl (C=O) groups is 1. The average Bonchev–Trinajstić information content (AvgIpc) is 3.25. The van der Waals surface area contributed by atoms with Crippen LogP contribution in [0.3, 0.4) is 0 Å². The number of benzene rings is 2. The Labute approximate surface area is 202 Å². The van der Waals surface area contributed by atoms with Crippen molar-refractivity contribution >= 4 is 39.1 Å². The van der Waals surface area contributed by atoms with Crippen LogP contribution in [0.25, 0.3) is 17.0 Å². The smallest absolute Gasteiger partial charge is 0.252 e. The lowest BCUT2D eigenvalue weighted by Gasteiger charge is -2.10. The fourth-order valence-electron chi connectivity index (χ4n) is 3.09. The zero-order valence-corrected chi connectivity index (χ0v) is 20.1. The van der Waals surface area contributed by atoms with Crippen molar-refractivity contribution in [3.8, 4) is 28.8 Å². The van der Waals surface area contributed by atoms with Gasteiger partial charge in [0.05, 0.1) is 36.9 Å². The molecule has 0 radical (unpaired) electrons. The molecule has 0 aliphatic carbocycles. The van der Waals surface area contributed by atoms with Gasteiger partial charge >= 0.3 is 0 Å². The number of nitrogens with one attached hydrogen (secondary N) is 1. The number of hydrogen-bond donors (Lipinski definition) is 1. The van der Waals surface area contributed by atoms with Gasteiger partial charge in [-0.1, -0.05) is 27.5 Å². The Morgan fingerprint density at radius 2 is 1.94 bits per heavy atom. The fraction of sp³-hybridized carbons (Fsp3) is 0.182. The van der Waals surface area contributed by atoms with E-state index < -0.39 is 0 Å². The third-order valence-corrected chi connectivity index (χ3v) is 5.52. The van der Waals surface area contributed by atoms with Gasteiger partial charge in [0.25, 0.3) is 5.91 Å². The largest absolute Gasteiger partial charge is 0.497 e. The van der Waals surface area contributed by atoms with Crippen LogP contribution < -0.4 is 19.5 Å². The highest BCUT2D eigenvalue weighted by Crippen LogP contribution is 2.32. The summed E-state index contributed by atoms with van der Waals surface area (Å²) in [4.78, 5) is 12.3. The minimum atomic E-state index is -0.291. The van der Waals surface area contributed by atoms with Gasteiger partial charge in [0.1, 0.15) is 18.1 Å². The summed E-state index contributed by atoms with van der Waals surface area (Å²) in [6, 6.07) is 13.9. The Morgan fingerprint density at radius 1 is 1.09 bits per heavy atom. The van der Waals surface area contributed by atoms with Crippen LogP contribution in [0.2, 0.25) is 5.02 Å². The van der Waals surface area contributed by atoms with Crippen molar-refractivity contribution in [1.29, 1.82) is 0 Å². The first-order valence-corrected chi connectivity index (χ1v) is 11.0. The van der Waals surface area contributed by atoms with Crippen LogP contribution in [0.15, 0.2) is 53.0 Å². The molecule has 11 heteroatoms. The predicted molar refractivity (Wildman–Crippen MR) is 126 cm³/mol. The van der Waals surface area contributed by atoms with E-state index in [-0.39, 0.29) is 19.1 Å². The van der Waals surface area contributed by atoms with E-state index in [2.05, 4.69) is 36.5 Å². The normalized spacial score (nSPS) is 10.8. The quantitative estimate of drug-likeness (QED) is 0.342. The number of aromatic nitrogens is 4. The van der Waals surface area contributed by atoms with Crippen molar-refractivity contribution in [1.82, 2.24) is 25.1 Å². The Kier molecular flexibility index (Phi) is 6.95. The van der Waals surface area contributed by atoms with E-state index in [0.717, 1.165) is 4.47 Å². The van der Waals surface area contributed by atoms with Crippen LogP contribution in [-0.2, 0) is 0 Å². The average molecular weight is 533 g/mol. The Bertz CT molecular complexity index is 1310. The van der Waals surface area contributed by atoms with Gasteiger partial charge in [-0.2, -0.15) is 4.52 Å². The first-order valence-electron chi connectivity index (χ1n) is 9.81. The topological polar surface area (TPSA) is 99.9 Å². The number of carbonyl (C=O) groups excluding carboxylic acids is 1. The second-order valence-electron chi connectivity index (χ2n) is 6.76. The van der Waals surface area contributed by atoms with Crippen LogP contribution in [0.5, 0.6) is 17.4 Å². The summed E-state index contributed by atoms with van der Waals surface area (Å²) < 4.78 is 18.8. The van der Waals surface area contributed by atoms with Gasteiger partial charge in [0, 0.05) is 16.6 Å². The molecule has 0 saturated carbocycles. The molecule has 0 fully saturated rings. The molecule has 0 saturated heterocycles. The molecule has 9 nitrogen and oxygen atoms in total. The standard InChI is InChI=1S/C22H19BrClN5O4/c1-31-14-4-5-15(18(12-14)32-2)21-27-26-19-7-8-20(28-29(19)21)33-10-9-25-22(30)16-11-13(23)3-6-17(16)24/h3-8,11-12H,9-10H2,1-2H3,(H,25,30). The van der Waals surface area contributed by atoms with Crippen molar-refractivity contribution in [3.63, 3.8) is 0 Å². The van der Waals surface area contributed by atoms with E-state index in [4.69, 9.17) is 25.8 Å². The second-order valence-corrected chi connectivity index (χ2v) is 8.08. The van der Waals surface area contributed by atoms with Crippen molar-refractivity contribution in [2.45, 2.75) is 0 Å². The SMILES string of the molecule is COc1ccc(-c2nnc3ccc(OCCNC(=O)c4cc(Br)ccc4Cl)nn23)c(OC)c1. The highest BCUT2D eigenvalue weighted by Gasteiger charge is 2.16. The molecule has 0 spiro atoms. The van der Waals surface area contributed by atoms with Gasteiger partial charge in [0.15, 0.2) is 11.5 Å². The number of methoxy groups -OCH3 is 2. The molecular weight excluding hydrogens is 514 g/mol. The zero-order chi connectivity index (χ0) is 23.4. The summed E-state index contributed by atoms with van der Waals surface area (Å²) in [7, 11) is 3.15. The zero-order valence-electron chi connectivity index (χ0n) is 17.7. The second kappa shape index (κ2) is 10.1. The molecule has 2 heterocycles. The summed E-state index contributed by atoms with van der Waals surface area (Å²) in [5.74, 6) is 1.79. The van der Waals surface area contributed by atoms with Gasteiger partial charge in [-0.05, 0) is 36.4 Å². The Morgan fingerprint density at radius 3 is 2.73 bits per heavy atom. The maximum atomic E-state index is 12.3.